The molecule has 0 unspecified atom stereocenters. The van der Waals surface area contributed by atoms with E-state index in [0.29, 0.717) is 38.8 Å². The Balaban J connectivity index is 1.40. The Bertz CT molecular complexity index is 1590. The van der Waals surface area contributed by atoms with Gasteiger partial charge < -0.3 is 9.47 Å². The number of methoxy groups -OCH3 is 1. The molecular weight excluding hydrogens is 508 g/mol. The van der Waals surface area contributed by atoms with Gasteiger partial charge in [-0.2, -0.15) is 0 Å². The van der Waals surface area contributed by atoms with Gasteiger partial charge in [0, 0.05) is 32.6 Å². The molecule has 5 aromatic rings. The van der Waals surface area contributed by atoms with Crippen LogP contribution in [0.4, 0.5) is 0 Å². The van der Waals surface area contributed by atoms with Crippen molar-refractivity contribution < 1.29 is 19.1 Å². The number of hydrogen-bond donors (Lipinski definition) is 0. The minimum atomic E-state index is -0.404. The first-order valence-corrected chi connectivity index (χ1v) is 12.8. The normalized spacial score (nSPS) is 11.0. The van der Waals surface area contributed by atoms with E-state index in [1.165, 1.54) is 11.3 Å². The monoisotopic (exact) mass is 530 g/mol. The van der Waals surface area contributed by atoms with Crippen LogP contribution in [0.15, 0.2) is 78.2 Å². The maximum Gasteiger partial charge on any atom is 0.310 e. The second-order valence-corrected chi connectivity index (χ2v) is 9.74. The lowest BCUT2D eigenvalue weighted by Crippen LogP contribution is -2.14. The molecule has 0 amide bonds. The smallest absolute Gasteiger partial charge is 0.310 e. The van der Waals surface area contributed by atoms with Crippen molar-refractivity contribution in [3.63, 3.8) is 0 Å². The molecule has 8 heteroatoms. The first-order valence-electron chi connectivity index (χ1n) is 11.6. The topological polar surface area (TPSA) is 70.4 Å². The lowest BCUT2D eigenvalue weighted by molar-refractivity contribution is -0.144. The highest BCUT2D eigenvalue weighted by molar-refractivity contribution is 7.13. The third-order valence-electron chi connectivity index (χ3n) is 6.11. The Morgan fingerprint density at radius 3 is 2.51 bits per heavy atom. The highest BCUT2D eigenvalue weighted by atomic mass is 35.5. The van der Waals surface area contributed by atoms with E-state index in [0.717, 1.165) is 16.0 Å². The van der Waals surface area contributed by atoms with Gasteiger partial charge in [0.25, 0.3) is 5.91 Å². The van der Waals surface area contributed by atoms with Crippen molar-refractivity contribution in [2.45, 2.75) is 20.0 Å². The first-order chi connectivity index (χ1) is 17.9. The number of fused-ring (bicyclic) bond motifs is 1. The highest BCUT2D eigenvalue weighted by Crippen LogP contribution is 2.31. The third kappa shape index (κ3) is 5.14. The van der Waals surface area contributed by atoms with Crippen LogP contribution in [0, 0.1) is 6.92 Å². The second-order valence-electron chi connectivity index (χ2n) is 8.44. The van der Waals surface area contributed by atoms with Crippen molar-refractivity contribution in [2.75, 3.05) is 7.11 Å². The molecule has 6 nitrogen and oxygen atoms in total. The molecule has 37 heavy (non-hydrogen) atoms. The van der Waals surface area contributed by atoms with Crippen molar-refractivity contribution in [3.8, 4) is 16.3 Å². The molecule has 2 aromatic heterocycles. The van der Waals surface area contributed by atoms with Crippen molar-refractivity contribution in [2.24, 2.45) is 0 Å². The minimum Gasteiger partial charge on any atom is -0.497 e. The molecule has 0 N–H and O–H groups in total. The predicted molar refractivity (Wildman–Crippen MR) is 145 cm³/mol. The fourth-order valence-electron chi connectivity index (χ4n) is 4.23. The summed E-state index contributed by atoms with van der Waals surface area (Å²) in [6, 6.07) is 22.0. The lowest BCUT2D eigenvalue weighted by atomic mass is 10.1. The number of halogens is 1. The second kappa shape index (κ2) is 10.6. The van der Waals surface area contributed by atoms with Gasteiger partial charge in [-0.3, -0.25) is 14.2 Å². The van der Waals surface area contributed by atoms with Gasteiger partial charge >= 0.3 is 5.97 Å². The molecule has 0 aliphatic rings. The fraction of sp³-hybridized carbons (Fsp3) is 0.138. The number of carbonyl (C=O) groups excluding carboxylic acids is 2. The van der Waals surface area contributed by atoms with E-state index in [-0.39, 0.29) is 18.9 Å². The van der Waals surface area contributed by atoms with Gasteiger partial charge in [-0.25, -0.2) is 4.98 Å². The van der Waals surface area contributed by atoms with Crippen LogP contribution in [0.2, 0.25) is 5.02 Å². The molecule has 3 aromatic carbocycles. The number of carbonyl (C=O) groups is 2. The van der Waals surface area contributed by atoms with Gasteiger partial charge in [0.1, 0.15) is 17.4 Å². The molecule has 0 atom stereocenters. The predicted octanol–water partition coefficient (Wildman–Crippen LogP) is 6.71. The zero-order valence-electron chi connectivity index (χ0n) is 20.2. The van der Waals surface area contributed by atoms with Gasteiger partial charge in [-0.15, -0.1) is 11.3 Å². The lowest BCUT2D eigenvalue weighted by Gasteiger charge is -2.08. The van der Waals surface area contributed by atoms with E-state index in [1.54, 1.807) is 42.0 Å². The van der Waals surface area contributed by atoms with E-state index >= 15 is 0 Å². The molecule has 5 rings (SSSR count). The van der Waals surface area contributed by atoms with Crippen LogP contribution in [0.5, 0.6) is 5.75 Å². The molecule has 0 saturated carbocycles. The average Bonchev–Trinajstić information content (AvgIpc) is 3.50. The maximum absolute atomic E-state index is 13.4. The fourth-order valence-corrected chi connectivity index (χ4v) is 5.17. The number of esters is 1. The molecule has 0 aliphatic heterocycles. The van der Waals surface area contributed by atoms with Crippen LogP contribution >= 0.6 is 22.9 Å². The van der Waals surface area contributed by atoms with Crippen molar-refractivity contribution in [1.29, 1.82) is 0 Å². The average molecular weight is 531 g/mol. The van der Waals surface area contributed by atoms with Gasteiger partial charge in [-0.05, 0) is 55.0 Å². The van der Waals surface area contributed by atoms with Crippen LogP contribution in [0.3, 0.4) is 0 Å². The summed E-state index contributed by atoms with van der Waals surface area (Å²) in [5, 5.41) is 4.08. The summed E-state index contributed by atoms with van der Waals surface area (Å²) in [4.78, 5) is 30.9. The molecule has 186 valence electrons. The summed E-state index contributed by atoms with van der Waals surface area (Å²) in [5.74, 6) is 0.0205. The summed E-state index contributed by atoms with van der Waals surface area (Å²) in [5.41, 5.74) is 4.27. The SMILES string of the molecule is COc1ccc2c(c1)c(CC(=O)OCc1csc(-c3ccccc3)n1)c(C)n2C(=O)c1ccc(Cl)cc1. The number of ether oxygens (including phenoxy) is 2. The van der Waals surface area contributed by atoms with Gasteiger partial charge in [0.2, 0.25) is 0 Å². The van der Waals surface area contributed by atoms with Crippen molar-refractivity contribution >= 4 is 45.7 Å². The maximum atomic E-state index is 13.4. The molecule has 0 aliphatic carbocycles. The minimum absolute atomic E-state index is 0.00603. The zero-order valence-corrected chi connectivity index (χ0v) is 21.8. The van der Waals surface area contributed by atoms with Crippen molar-refractivity contribution in [1.82, 2.24) is 9.55 Å². The molecule has 2 heterocycles. The molecule has 0 saturated heterocycles. The van der Waals surface area contributed by atoms with Crippen LogP contribution < -0.4 is 4.74 Å². The Morgan fingerprint density at radius 2 is 1.78 bits per heavy atom. The van der Waals surface area contributed by atoms with E-state index in [9.17, 15) is 9.59 Å². The molecule has 0 bridgehead atoms. The molecular formula is C29H23ClN2O4S. The molecule has 0 spiro atoms. The Kier molecular flexibility index (Phi) is 7.08. The Morgan fingerprint density at radius 1 is 1.03 bits per heavy atom. The number of benzene rings is 3. The van der Waals surface area contributed by atoms with E-state index < -0.39 is 5.97 Å². The summed E-state index contributed by atoms with van der Waals surface area (Å²) >= 11 is 7.51. The zero-order chi connectivity index (χ0) is 25.9. The van der Waals surface area contributed by atoms with E-state index in [1.807, 2.05) is 54.8 Å². The first kappa shape index (κ1) is 24.7. The Labute approximate surface area is 223 Å². The van der Waals surface area contributed by atoms with Crippen LogP contribution in [0.1, 0.15) is 27.3 Å². The third-order valence-corrected chi connectivity index (χ3v) is 7.30. The number of thiazole rings is 1. The number of hydrogen-bond acceptors (Lipinski definition) is 6. The van der Waals surface area contributed by atoms with Crippen molar-refractivity contribution in [3.05, 3.63) is 106 Å². The largest absolute Gasteiger partial charge is 0.497 e. The summed E-state index contributed by atoms with van der Waals surface area (Å²) in [6.45, 7) is 1.91. The van der Waals surface area contributed by atoms with Gasteiger partial charge in [-0.1, -0.05) is 41.9 Å². The Hall–Kier alpha value is -3.94. The number of rotatable bonds is 7. The molecule has 0 fully saturated rings. The van der Waals surface area contributed by atoms with Crippen LogP contribution in [0.25, 0.3) is 21.5 Å². The standard InChI is InChI=1S/C29H23ClN2O4S/c1-18-24(15-27(33)36-16-22-17-37-28(31-22)19-6-4-3-5-7-19)25-14-23(35-2)12-13-26(25)32(18)29(34)20-8-10-21(30)11-9-20/h3-14,17H,15-16H2,1-2H3. The quantitative estimate of drug-likeness (QED) is 0.219. The van der Waals surface area contributed by atoms with Crippen LogP contribution in [-0.2, 0) is 22.6 Å². The van der Waals surface area contributed by atoms with E-state index in [2.05, 4.69) is 4.98 Å². The number of aromatic nitrogens is 2. The van der Waals surface area contributed by atoms with Crippen LogP contribution in [-0.4, -0.2) is 28.5 Å². The highest BCUT2D eigenvalue weighted by Gasteiger charge is 2.22. The summed E-state index contributed by atoms with van der Waals surface area (Å²) in [7, 11) is 1.58. The van der Waals surface area contributed by atoms with E-state index in [4.69, 9.17) is 21.1 Å². The summed E-state index contributed by atoms with van der Waals surface area (Å²) < 4.78 is 12.6. The summed E-state index contributed by atoms with van der Waals surface area (Å²) in [6.07, 6.45) is 0.00603. The van der Waals surface area contributed by atoms with Gasteiger partial charge in [0.05, 0.1) is 24.7 Å². The molecule has 0 radical (unpaired) electrons. The number of nitrogens with zero attached hydrogens (tertiary/aromatic N) is 2. The van der Waals surface area contributed by atoms with Gasteiger partial charge in [0.15, 0.2) is 0 Å².